The topological polar surface area (TPSA) is 61.9 Å². The second kappa shape index (κ2) is 5.95. The van der Waals surface area contributed by atoms with Gasteiger partial charge < -0.3 is 10.9 Å². The summed E-state index contributed by atoms with van der Waals surface area (Å²) in [6, 6.07) is 0.0249. The summed E-state index contributed by atoms with van der Waals surface area (Å²) in [6.07, 6.45) is 6.75. The number of nitrogens with zero attached hydrogens (tertiary/aromatic N) is 2. The molecule has 4 heteroatoms. The van der Waals surface area contributed by atoms with Crippen molar-refractivity contribution >= 4 is 5.84 Å². The van der Waals surface area contributed by atoms with Gasteiger partial charge in [-0.2, -0.15) is 0 Å². The molecular weight excluding hydrogens is 190 g/mol. The smallest absolute Gasteiger partial charge is 0.156 e. The Kier molecular flexibility index (Phi) is 4.88. The fraction of sp³-hybridized carbons (Fsp3) is 0.909. The molecule has 15 heavy (non-hydrogen) atoms. The summed E-state index contributed by atoms with van der Waals surface area (Å²) in [6.45, 7) is 3.02. The molecule has 3 N–H and O–H groups in total. The molecule has 1 rings (SSSR count). The van der Waals surface area contributed by atoms with Crippen LogP contribution in [-0.4, -0.2) is 35.6 Å². The molecule has 0 saturated heterocycles. The Morgan fingerprint density at radius 2 is 2.07 bits per heavy atom. The molecule has 1 fully saturated rings. The van der Waals surface area contributed by atoms with Crippen LogP contribution < -0.4 is 5.73 Å². The van der Waals surface area contributed by atoms with E-state index in [1.54, 1.807) is 0 Å². The fourth-order valence-electron chi connectivity index (χ4n) is 2.24. The van der Waals surface area contributed by atoms with Crippen molar-refractivity contribution in [1.82, 2.24) is 4.90 Å². The molecule has 0 aromatic carbocycles. The Labute approximate surface area is 92.1 Å². The maximum Gasteiger partial charge on any atom is 0.156 e. The Morgan fingerprint density at radius 1 is 1.47 bits per heavy atom. The van der Waals surface area contributed by atoms with Crippen molar-refractivity contribution < 1.29 is 5.21 Å². The maximum absolute atomic E-state index is 8.60. The first-order valence-electron chi connectivity index (χ1n) is 5.82. The van der Waals surface area contributed by atoms with E-state index in [4.69, 9.17) is 10.9 Å². The summed E-state index contributed by atoms with van der Waals surface area (Å²) in [5.74, 6) is 1.09. The average molecular weight is 213 g/mol. The normalized spacial score (nSPS) is 21.9. The minimum absolute atomic E-state index is 0.0249. The summed E-state index contributed by atoms with van der Waals surface area (Å²) in [4.78, 5) is 2.17. The summed E-state index contributed by atoms with van der Waals surface area (Å²) >= 11 is 0. The van der Waals surface area contributed by atoms with Crippen LogP contribution in [0.3, 0.4) is 0 Å². The second-order valence-electron chi connectivity index (χ2n) is 4.64. The third-order valence-electron chi connectivity index (χ3n) is 3.48. The zero-order valence-electron chi connectivity index (χ0n) is 9.82. The molecule has 4 nitrogen and oxygen atoms in total. The fourth-order valence-corrected chi connectivity index (χ4v) is 2.24. The van der Waals surface area contributed by atoms with E-state index in [1.165, 1.54) is 32.1 Å². The van der Waals surface area contributed by atoms with Gasteiger partial charge in [-0.25, -0.2) is 0 Å². The van der Waals surface area contributed by atoms with Gasteiger partial charge in [0.05, 0.1) is 6.04 Å². The van der Waals surface area contributed by atoms with Gasteiger partial charge in [0.1, 0.15) is 0 Å². The Morgan fingerprint density at radius 3 is 2.60 bits per heavy atom. The Balaban J connectivity index is 2.36. The van der Waals surface area contributed by atoms with Crippen molar-refractivity contribution in [2.75, 3.05) is 13.6 Å². The van der Waals surface area contributed by atoms with Crippen LogP contribution in [0.25, 0.3) is 0 Å². The largest absolute Gasteiger partial charge is 0.409 e. The molecule has 0 spiro atoms. The molecule has 0 aliphatic heterocycles. The van der Waals surface area contributed by atoms with Crippen molar-refractivity contribution in [3.8, 4) is 0 Å². The number of oxime groups is 1. The first-order chi connectivity index (χ1) is 7.15. The van der Waals surface area contributed by atoms with Crippen LogP contribution in [-0.2, 0) is 0 Å². The number of amidine groups is 1. The minimum Gasteiger partial charge on any atom is -0.409 e. The lowest BCUT2D eigenvalue weighted by Crippen LogP contribution is -2.42. The Hall–Kier alpha value is -0.770. The first-order valence-corrected chi connectivity index (χ1v) is 5.82. The monoisotopic (exact) mass is 213 g/mol. The molecule has 0 aromatic rings. The van der Waals surface area contributed by atoms with Gasteiger partial charge in [0.25, 0.3) is 0 Å². The molecule has 0 bridgehead atoms. The van der Waals surface area contributed by atoms with Crippen molar-refractivity contribution in [2.24, 2.45) is 16.8 Å². The van der Waals surface area contributed by atoms with Crippen molar-refractivity contribution in [2.45, 2.75) is 45.1 Å². The minimum atomic E-state index is 0.0249. The molecule has 0 amide bonds. The van der Waals surface area contributed by atoms with Gasteiger partial charge in [0.2, 0.25) is 0 Å². The SMILES string of the molecule is CC(C(N)=NO)N(C)CC1CCCCC1. The van der Waals surface area contributed by atoms with Gasteiger partial charge >= 0.3 is 0 Å². The van der Waals surface area contributed by atoms with Gasteiger partial charge in [-0.05, 0) is 32.7 Å². The highest BCUT2D eigenvalue weighted by Crippen LogP contribution is 2.24. The summed E-state index contributed by atoms with van der Waals surface area (Å²) in [7, 11) is 2.04. The van der Waals surface area contributed by atoms with E-state index in [9.17, 15) is 0 Å². The molecule has 1 unspecified atom stereocenters. The van der Waals surface area contributed by atoms with Crippen LogP contribution in [0.1, 0.15) is 39.0 Å². The molecule has 1 saturated carbocycles. The van der Waals surface area contributed by atoms with E-state index in [0.717, 1.165) is 12.5 Å². The number of nitrogens with two attached hydrogens (primary N) is 1. The van der Waals surface area contributed by atoms with Crippen molar-refractivity contribution in [3.05, 3.63) is 0 Å². The Bertz CT molecular complexity index is 212. The number of hydrogen-bond acceptors (Lipinski definition) is 3. The third-order valence-corrected chi connectivity index (χ3v) is 3.48. The molecule has 1 aliphatic carbocycles. The van der Waals surface area contributed by atoms with E-state index >= 15 is 0 Å². The number of rotatable bonds is 4. The van der Waals surface area contributed by atoms with E-state index in [0.29, 0.717) is 5.84 Å². The lowest BCUT2D eigenvalue weighted by molar-refractivity contribution is 0.216. The standard InChI is InChI=1S/C11H23N3O/c1-9(11(12)13-15)14(2)8-10-6-4-3-5-7-10/h9-10,15H,3-8H2,1-2H3,(H2,12,13). The zero-order chi connectivity index (χ0) is 11.3. The van der Waals surface area contributed by atoms with Crippen LogP contribution in [0.2, 0.25) is 0 Å². The molecule has 0 heterocycles. The summed E-state index contributed by atoms with van der Waals surface area (Å²) in [5.41, 5.74) is 5.58. The van der Waals surface area contributed by atoms with Gasteiger partial charge in [0.15, 0.2) is 5.84 Å². The molecule has 0 radical (unpaired) electrons. The summed E-state index contributed by atoms with van der Waals surface area (Å²) < 4.78 is 0. The van der Waals surface area contributed by atoms with Crippen molar-refractivity contribution in [3.63, 3.8) is 0 Å². The molecule has 1 aliphatic rings. The van der Waals surface area contributed by atoms with E-state index in [1.807, 2.05) is 14.0 Å². The highest BCUT2D eigenvalue weighted by atomic mass is 16.4. The van der Waals surface area contributed by atoms with E-state index in [2.05, 4.69) is 10.1 Å². The number of hydrogen-bond donors (Lipinski definition) is 2. The third kappa shape index (κ3) is 3.70. The van der Waals surface area contributed by atoms with E-state index < -0.39 is 0 Å². The van der Waals surface area contributed by atoms with Crippen LogP contribution in [0, 0.1) is 5.92 Å². The predicted octanol–water partition coefficient (Wildman–Crippen LogP) is 1.63. The quantitative estimate of drug-likeness (QED) is 0.323. The second-order valence-corrected chi connectivity index (χ2v) is 4.64. The van der Waals surface area contributed by atoms with Crippen LogP contribution >= 0.6 is 0 Å². The lowest BCUT2D eigenvalue weighted by atomic mass is 9.89. The van der Waals surface area contributed by atoms with Gasteiger partial charge in [-0.15, -0.1) is 0 Å². The molecule has 0 aromatic heterocycles. The van der Waals surface area contributed by atoms with Crippen LogP contribution in [0.15, 0.2) is 5.16 Å². The molecular formula is C11H23N3O. The van der Waals surface area contributed by atoms with Crippen LogP contribution in [0.5, 0.6) is 0 Å². The average Bonchev–Trinajstić information content (AvgIpc) is 2.28. The number of likely N-dealkylation sites (N-methyl/N-ethyl adjacent to an activating group) is 1. The molecule has 88 valence electrons. The summed E-state index contributed by atoms with van der Waals surface area (Å²) in [5, 5.41) is 11.7. The highest BCUT2D eigenvalue weighted by Gasteiger charge is 2.19. The van der Waals surface area contributed by atoms with Gasteiger partial charge in [0, 0.05) is 6.54 Å². The van der Waals surface area contributed by atoms with Gasteiger partial charge in [-0.1, -0.05) is 24.4 Å². The predicted molar refractivity (Wildman–Crippen MR) is 62.1 cm³/mol. The van der Waals surface area contributed by atoms with Crippen molar-refractivity contribution in [1.29, 1.82) is 0 Å². The molecule has 1 atom stereocenters. The zero-order valence-corrected chi connectivity index (χ0v) is 9.82. The highest BCUT2D eigenvalue weighted by molar-refractivity contribution is 5.84. The van der Waals surface area contributed by atoms with Gasteiger partial charge in [-0.3, -0.25) is 4.90 Å². The lowest BCUT2D eigenvalue weighted by Gasteiger charge is -2.30. The van der Waals surface area contributed by atoms with E-state index in [-0.39, 0.29) is 6.04 Å². The maximum atomic E-state index is 8.60. The van der Waals surface area contributed by atoms with Crippen LogP contribution in [0.4, 0.5) is 0 Å². The first kappa shape index (κ1) is 12.3.